The van der Waals surface area contributed by atoms with Gasteiger partial charge in [0.05, 0.1) is 23.8 Å². The molecule has 0 bridgehead atoms. The molecule has 1 aliphatic rings. The minimum atomic E-state index is -0.454. The highest BCUT2D eigenvalue weighted by atomic mass is 35.5. The van der Waals surface area contributed by atoms with Crippen LogP contribution >= 0.6 is 11.6 Å². The quantitative estimate of drug-likeness (QED) is 0.635. The van der Waals surface area contributed by atoms with Crippen molar-refractivity contribution in [2.75, 3.05) is 11.9 Å². The molecule has 1 saturated heterocycles. The number of hydrogen-bond donors (Lipinski definition) is 1. The molecule has 1 aromatic heterocycles. The maximum atomic E-state index is 12.9. The molecule has 2 heterocycles. The summed E-state index contributed by atoms with van der Waals surface area (Å²) in [7, 11) is 0. The topological polar surface area (TPSA) is 71.5 Å². The number of hydrogen-bond acceptors (Lipinski definition) is 4. The van der Waals surface area contributed by atoms with Gasteiger partial charge in [0.25, 0.3) is 0 Å². The zero-order valence-electron chi connectivity index (χ0n) is 16.1. The summed E-state index contributed by atoms with van der Waals surface area (Å²) >= 11 is 6.12. The van der Waals surface area contributed by atoms with Crippen molar-refractivity contribution in [3.05, 3.63) is 83.6 Å². The van der Waals surface area contributed by atoms with Crippen molar-refractivity contribution < 1.29 is 14.3 Å². The highest BCUT2D eigenvalue weighted by molar-refractivity contribution is 6.31. The number of aromatic nitrogens is 1. The van der Waals surface area contributed by atoms with Crippen LogP contribution in [0, 0.1) is 5.92 Å². The monoisotopic (exact) mass is 421 g/mol. The van der Waals surface area contributed by atoms with Gasteiger partial charge in [-0.3, -0.25) is 14.6 Å². The van der Waals surface area contributed by atoms with Crippen molar-refractivity contribution >= 4 is 29.1 Å². The number of halogens is 1. The van der Waals surface area contributed by atoms with Crippen LogP contribution in [-0.4, -0.2) is 28.2 Å². The average molecular weight is 422 g/mol. The molecule has 4 rings (SSSR count). The number of nitrogens with zero attached hydrogens (tertiary/aromatic N) is 2. The van der Waals surface area contributed by atoms with E-state index < -0.39 is 5.92 Å². The summed E-state index contributed by atoms with van der Waals surface area (Å²) in [6.45, 7) is 0.736. The molecule has 0 saturated carbocycles. The third kappa shape index (κ3) is 4.78. The van der Waals surface area contributed by atoms with Crippen LogP contribution in [0.3, 0.4) is 0 Å². The van der Waals surface area contributed by atoms with Gasteiger partial charge in [0.2, 0.25) is 11.8 Å². The first-order chi connectivity index (χ1) is 14.6. The van der Waals surface area contributed by atoms with Crippen molar-refractivity contribution in [3.63, 3.8) is 0 Å². The lowest BCUT2D eigenvalue weighted by Gasteiger charge is -2.17. The van der Waals surface area contributed by atoms with Crippen LogP contribution in [0.15, 0.2) is 72.9 Å². The fourth-order valence-electron chi connectivity index (χ4n) is 3.33. The van der Waals surface area contributed by atoms with E-state index in [0.29, 0.717) is 35.3 Å². The van der Waals surface area contributed by atoms with Crippen LogP contribution in [0.4, 0.5) is 5.69 Å². The lowest BCUT2D eigenvalue weighted by atomic mass is 10.1. The number of benzene rings is 2. The van der Waals surface area contributed by atoms with Gasteiger partial charge >= 0.3 is 0 Å². The Morgan fingerprint density at radius 3 is 2.70 bits per heavy atom. The number of anilines is 1. The Morgan fingerprint density at radius 1 is 1.13 bits per heavy atom. The van der Waals surface area contributed by atoms with Gasteiger partial charge in [-0.25, -0.2) is 0 Å². The summed E-state index contributed by atoms with van der Waals surface area (Å²) < 4.78 is 5.89. The van der Waals surface area contributed by atoms with Gasteiger partial charge in [-0.15, -0.1) is 0 Å². The van der Waals surface area contributed by atoms with Gasteiger partial charge < -0.3 is 15.0 Å². The molecule has 6 nitrogen and oxygen atoms in total. The second-order valence-electron chi connectivity index (χ2n) is 7.04. The molecule has 0 radical (unpaired) electrons. The number of ether oxygens (including phenoxy) is 1. The van der Waals surface area contributed by atoms with E-state index in [9.17, 15) is 9.59 Å². The number of rotatable bonds is 6. The van der Waals surface area contributed by atoms with Gasteiger partial charge in [-0.2, -0.15) is 0 Å². The number of carbonyl (C=O) groups excluding carboxylic acids is 2. The molecule has 3 aromatic rings. The van der Waals surface area contributed by atoms with Crippen LogP contribution in [0.2, 0.25) is 5.02 Å². The van der Waals surface area contributed by atoms with Crippen LogP contribution in [0.25, 0.3) is 0 Å². The van der Waals surface area contributed by atoms with Crippen LogP contribution in [0.1, 0.15) is 12.1 Å². The Hall–Kier alpha value is -3.38. The predicted molar refractivity (Wildman–Crippen MR) is 114 cm³/mol. The number of amides is 2. The molecular formula is C23H20ClN3O3. The molecule has 1 unspecified atom stereocenters. The van der Waals surface area contributed by atoms with Crippen molar-refractivity contribution in [3.8, 4) is 11.5 Å². The summed E-state index contributed by atoms with van der Waals surface area (Å²) in [4.78, 5) is 31.2. The van der Waals surface area contributed by atoms with E-state index in [2.05, 4.69) is 10.3 Å². The van der Waals surface area contributed by atoms with E-state index in [1.165, 1.54) is 0 Å². The van der Waals surface area contributed by atoms with E-state index >= 15 is 0 Å². The number of nitrogens with one attached hydrogen (secondary N) is 1. The van der Waals surface area contributed by atoms with Crippen molar-refractivity contribution in [2.45, 2.75) is 13.0 Å². The molecule has 1 aliphatic heterocycles. The van der Waals surface area contributed by atoms with Gasteiger partial charge in [-0.1, -0.05) is 35.9 Å². The molecule has 30 heavy (non-hydrogen) atoms. The van der Waals surface area contributed by atoms with Crippen LogP contribution in [-0.2, 0) is 16.1 Å². The standard InChI is InChI=1S/C23H20ClN3O3/c24-17-9-10-21(30-19-7-2-1-3-8-19)20(13-17)26-23(29)16-12-22(28)27(14-16)15-18-6-4-5-11-25-18/h1-11,13,16H,12,14-15H2,(H,26,29). The third-order valence-corrected chi connectivity index (χ3v) is 5.07. The minimum absolute atomic E-state index is 0.0624. The van der Waals surface area contributed by atoms with E-state index in [0.717, 1.165) is 5.69 Å². The van der Waals surface area contributed by atoms with Gasteiger partial charge in [0.15, 0.2) is 5.75 Å². The molecule has 1 N–H and O–H groups in total. The second-order valence-corrected chi connectivity index (χ2v) is 7.48. The van der Waals surface area contributed by atoms with Gasteiger partial charge in [0.1, 0.15) is 5.75 Å². The van der Waals surface area contributed by atoms with Crippen molar-refractivity contribution in [1.29, 1.82) is 0 Å². The zero-order valence-corrected chi connectivity index (χ0v) is 16.9. The molecule has 2 amide bonds. The molecule has 1 atom stereocenters. The average Bonchev–Trinajstić information content (AvgIpc) is 3.12. The van der Waals surface area contributed by atoms with E-state index in [1.807, 2.05) is 48.5 Å². The minimum Gasteiger partial charge on any atom is -0.455 e. The van der Waals surface area contributed by atoms with Crippen LogP contribution in [0.5, 0.6) is 11.5 Å². The fraction of sp³-hybridized carbons (Fsp3) is 0.174. The highest BCUT2D eigenvalue weighted by Crippen LogP contribution is 2.33. The molecule has 0 spiro atoms. The molecule has 152 valence electrons. The number of para-hydroxylation sites is 1. The summed E-state index contributed by atoms with van der Waals surface area (Å²) in [6, 6.07) is 19.9. The van der Waals surface area contributed by atoms with E-state index in [4.69, 9.17) is 16.3 Å². The Morgan fingerprint density at radius 2 is 1.93 bits per heavy atom. The van der Waals surface area contributed by atoms with Gasteiger partial charge in [-0.05, 0) is 42.5 Å². The highest BCUT2D eigenvalue weighted by Gasteiger charge is 2.34. The van der Waals surface area contributed by atoms with E-state index in [-0.39, 0.29) is 18.2 Å². The summed E-state index contributed by atoms with van der Waals surface area (Å²) in [5.41, 5.74) is 1.26. The zero-order chi connectivity index (χ0) is 20.9. The first kappa shape index (κ1) is 19.9. The molecule has 1 fully saturated rings. The lowest BCUT2D eigenvalue weighted by Crippen LogP contribution is -2.28. The maximum Gasteiger partial charge on any atom is 0.229 e. The normalized spacial score (nSPS) is 15.8. The predicted octanol–water partition coefficient (Wildman–Crippen LogP) is 4.51. The van der Waals surface area contributed by atoms with E-state index in [1.54, 1.807) is 29.3 Å². The Labute approximate surface area is 179 Å². The smallest absolute Gasteiger partial charge is 0.229 e. The fourth-order valence-corrected chi connectivity index (χ4v) is 3.50. The summed E-state index contributed by atoms with van der Waals surface area (Å²) in [5.74, 6) is 0.367. The third-order valence-electron chi connectivity index (χ3n) is 4.83. The summed E-state index contributed by atoms with van der Waals surface area (Å²) in [6.07, 6.45) is 1.85. The maximum absolute atomic E-state index is 12.9. The Balaban J connectivity index is 1.45. The van der Waals surface area contributed by atoms with Gasteiger partial charge in [0, 0.05) is 24.2 Å². The van der Waals surface area contributed by atoms with Crippen molar-refractivity contribution in [1.82, 2.24) is 9.88 Å². The first-order valence-corrected chi connectivity index (χ1v) is 9.97. The number of carbonyl (C=O) groups is 2. The number of pyridine rings is 1. The molecular weight excluding hydrogens is 402 g/mol. The largest absolute Gasteiger partial charge is 0.455 e. The van der Waals surface area contributed by atoms with Crippen molar-refractivity contribution in [2.24, 2.45) is 5.92 Å². The SMILES string of the molecule is O=C(Nc1cc(Cl)ccc1Oc1ccccc1)C1CC(=O)N(Cc2ccccn2)C1. The molecule has 7 heteroatoms. The summed E-state index contributed by atoms with van der Waals surface area (Å²) in [5, 5.41) is 3.35. The molecule has 0 aliphatic carbocycles. The number of likely N-dealkylation sites (tertiary alicyclic amines) is 1. The lowest BCUT2D eigenvalue weighted by molar-refractivity contribution is -0.128. The first-order valence-electron chi connectivity index (χ1n) is 9.59. The Bertz CT molecular complexity index is 1040. The second kappa shape index (κ2) is 8.97. The van der Waals surface area contributed by atoms with Crippen LogP contribution < -0.4 is 10.1 Å². The Kier molecular flexibility index (Phi) is 5.95. The molecule has 2 aromatic carbocycles.